The number of urea groups is 1. The van der Waals surface area contributed by atoms with Crippen molar-refractivity contribution in [3.63, 3.8) is 0 Å². The summed E-state index contributed by atoms with van der Waals surface area (Å²) in [4.78, 5) is 12.2. The minimum Gasteiger partial charge on any atom is -0.393 e. The third-order valence-electron chi connectivity index (χ3n) is 5.96. The van der Waals surface area contributed by atoms with Crippen molar-refractivity contribution >= 4 is 27.6 Å². The van der Waals surface area contributed by atoms with E-state index in [2.05, 4.69) is 10.6 Å². The number of halogens is 5. The summed E-state index contributed by atoms with van der Waals surface area (Å²) in [5.41, 5.74) is 1.20. The second-order valence-electron chi connectivity index (χ2n) is 8.41. The summed E-state index contributed by atoms with van der Waals surface area (Å²) in [6.07, 6.45) is -0.511. The molecule has 0 radical (unpaired) electrons. The monoisotopic (exact) mass is 493 g/mol. The van der Waals surface area contributed by atoms with E-state index in [4.69, 9.17) is 0 Å². The number of aliphatic hydroxyl groups is 2. The maximum atomic E-state index is 13.4. The largest absolute Gasteiger partial charge is 0.393 e. The SMILES string of the molecule is O=C(Nc1cc(S(F)(F)(F)(F)F)ccc1N1CCC(O)CC1)NC1c2ccccc2CC1O. The van der Waals surface area contributed by atoms with Crippen molar-refractivity contribution in [3.8, 4) is 0 Å². The van der Waals surface area contributed by atoms with Gasteiger partial charge in [0, 0.05) is 19.5 Å². The Balaban J connectivity index is 1.62. The normalized spacial score (nSPS) is 23.4. The molecule has 0 spiro atoms. The number of nitrogens with one attached hydrogen (secondary N) is 2. The Kier molecular flexibility index (Phi) is 5.34. The summed E-state index contributed by atoms with van der Waals surface area (Å²) in [5.74, 6) is 0. The molecule has 1 aliphatic carbocycles. The van der Waals surface area contributed by atoms with Gasteiger partial charge in [0.05, 0.1) is 29.6 Å². The number of carbonyl (C=O) groups is 1. The third-order valence-corrected chi connectivity index (χ3v) is 7.10. The van der Waals surface area contributed by atoms with Gasteiger partial charge in [-0.2, -0.15) is 0 Å². The highest BCUT2D eigenvalue weighted by molar-refractivity contribution is 8.45. The van der Waals surface area contributed by atoms with E-state index < -0.39 is 45.1 Å². The number of hydrogen-bond donors (Lipinski definition) is 4. The maximum Gasteiger partial charge on any atom is 0.319 e. The molecule has 1 saturated heterocycles. The Labute approximate surface area is 187 Å². The molecule has 2 atom stereocenters. The minimum atomic E-state index is -9.98. The third kappa shape index (κ3) is 5.17. The van der Waals surface area contributed by atoms with Crippen LogP contribution in [0.2, 0.25) is 0 Å². The van der Waals surface area contributed by atoms with Gasteiger partial charge >= 0.3 is 16.3 Å². The van der Waals surface area contributed by atoms with Crippen LogP contribution >= 0.6 is 10.2 Å². The molecule has 0 aromatic heterocycles. The second-order valence-corrected chi connectivity index (χ2v) is 10.8. The van der Waals surface area contributed by atoms with Crippen LogP contribution in [-0.2, 0) is 6.42 Å². The Morgan fingerprint density at radius 3 is 2.33 bits per heavy atom. The molecule has 1 heterocycles. The first-order chi connectivity index (χ1) is 15.2. The van der Waals surface area contributed by atoms with Gasteiger partial charge in [-0.25, -0.2) is 4.79 Å². The fourth-order valence-electron chi connectivity index (χ4n) is 4.29. The Bertz CT molecular complexity index is 1080. The molecule has 2 aromatic carbocycles. The number of hydrogen-bond acceptors (Lipinski definition) is 4. The summed E-state index contributed by atoms with van der Waals surface area (Å²) in [7, 11) is -9.98. The van der Waals surface area contributed by atoms with Gasteiger partial charge in [-0.3, -0.25) is 0 Å². The number of rotatable bonds is 4. The molecular weight excluding hydrogens is 469 g/mol. The Morgan fingerprint density at radius 2 is 1.67 bits per heavy atom. The molecule has 1 aliphatic heterocycles. The van der Waals surface area contributed by atoms with Gasteiger partial charge in [0.2, 0.25) is 0 Å². The van der Waals surface area contributed by atoms with Crippen molar-refractivity contribution in [1.82, 2.24) is 5.32 Å². The van der Waals surface area contributed by atoms with E-state index in [0.717, 1.165) is 11.6 Å². The van der Waals surface area contributed by atoms with Gasteiger partial charge in [0.1, 0.15) is 4.90 Å². The smallest absolute Gasteiger partial charge is 0.319 e. The molecule has 4 N–H and O–H groups in total. The molecular formula is C21H24F5N3O3S. The van der Waals surface area contributed by atoms with Crippen LogP contribution in [-0.4, -0.2) is 41.5 Å². The topological polar surface area (TPSA) is 84.8 Å². The number of aliphatic hydroxyl groups excluding tert-OH is 2. The Hall–Kier alpha value is -2.57. The summed E-state index contributed by atoms with van der Waals surface area (Å²) in [6.45, 7) is 0.559. The van der Waals surface area contributed by atoms with Crippen LogP contribution in [0, 0.1) is 0 Å². The van der Waals surface area contributed by atoms with Gasteiger partial charge in [0.15, 0.2) is 0 Å². The van der Waals surface area contributed by atoms with Gasteiger partial charge in [-0.1, -0.05) is 43.7 Å². The van der Waals surface area contributed by atoms with Crippen LogP contribution in [0.5, 0.6) is 0 Å². The van der Waals surface area contributed by atoms with Crippen molar-refractivity contribution in [2.45, 2.75) is 42.4 Å². The average Bonchev–Trinajstić information content (AvgIpc) is 3.02. The lowest BCUT2D eigenvalue weighted by atomic mass is 10.1. The predicted molar refractivity (Wildman–Crippen MR) is 116 cm³/mol. The van der Waals surface area contributed by atoms with E-state index in [1.807, 2.05) is 0 Å². The fourth-order valence-corrected chi connectivity index (χ4v) is 4.95. The summed E-state index contributed by atoms with van der Waals surface area (Å²) >= 11 is 0. The molecule has 1 fully saturated rings. The van der Waals surface area contributed by atoms with E-state index in [-0.39, 0.29) is 24.8 Å². The standard InChI is InChI=1S/C21H24F5N3O3S/c22-33(23,24,25,26)15-5-6-18(29-9-7-14(30)8-10-29)17(12-15)27-21(32)28-20-16-4-2-1-3-13(16)11-19(20)31/h1-6,12,14,19-20,30-31H,7-11H2,(H2,27,28,32). The molecule has 2 amide bonds. The number of piperidine rings is 1. The molecule has 6 nitrogen and oxygen atoms in total. The summed E-state index contributed by atoms with van der Waals surface area (Å²) < 4.78 is 67.1. The van der Waals surface area contributed by atoms with Crippen LogP contribution in [0.25, 0.3) is 0 Å². The molecule has 2 aliphatic rings. The summed E-state index contributed by atoms with van der Waals surface area (Å²) in [5, 5.41) is 24.8. The van der Waals surface area contributed by atoms with Crippen LogP contribution in [0.15, 0.2) is 47.4 Å². The van der Waals surface area contributed by atoms with E-state index in [0.29, 0.717) is 30.9 Å². The first-order valence-electron chi connectivity index (χ1n) is 10.4. The van der Waals surface area contributed by atoms with E-state index in [1.165, 1.54) is 0 Å². The van der Waals surface area contributed by atoms with Crippen molar-refractivity contribution < 1.29 is 34.4 Å². The number of anilines is 2. The van der Waals surface area contributed by atoms with Gasteiger partial charge in [-0.05, 0) is 42.2 Å². The molecule has 12 heteroatoms. The summed E-state index contributed by atoms with van der Waals surface area (Å²) in [6, 6.07) is 6.73. The van der Waals surface area contributed by atoms with Crippen LogP contribution in [0.3, 0.4) is 0 Å². The quantitative estimate of drug-likeness (QED) is 0.448. The number of nitrogens with zero attached hydrogens (tertiary/aromatic N) is 1. The zero-order chi connectivity index (χ0) is 24.1. The average molecular weight is 493 g/mol. The van der Waals surface area contributed by atoms with Crippen LogP contribution in [0.1, 0.15) is 30.0 Å². The zero-order valence-corrected chi connectivity index (χ0v) is 18.2. The molecule has 33 heavy (non-hydrogen) atoms. The van der Waals surface area contributed by atoms with Gasteiger partial charge < -0.3 is 25.7 Å². The van der Waals surface area contributed by atoms with Crippen molar-refractivity contribution in [2.24, 2.45) is 0 Å². The number of amides is 2. The van der Waals surface area contributed by atoms with Gasteiger partial charge in [-0.15, -0.1) is 0 Å². The van der Waals surface area contributed by atoms with Crippen LogP contribution < -0.4 is 15.5 Å². The lowest BCUT2D eigenvalue weighted by molar-refractivity contribution is 0.144. The first-order valence-corrected chi connectivity index (χ1v) is 12.3. The van der Waals surface area contributed by atoms with Crippen molar-refractivity contribution in [2.75, 3.05) is 23.3 Å². The highest BCUT2D eigenvalue weighted by atomic mass is 32.5. The van der Waals surface area contributed by atoms with Gasteiger partial charge in [0.25, 0.3) is 0 Å². The van der Waals surface area contributed by atoms with Crippen molar-refractivity contribution in [1.29, 1.82) is 0 Å². The predicted octanol–water partition coefficient (Wildman–Crippen LogP) is 5.08. The number of fused-ring (bicyclic) bond motifs is 1. The molecule has 4 rings (SSSR count). The Morgan fingerprint density at radius 1 is 1.00 bits per heavy atom. The minimum absolute atomic E-state index is 0.134. The molecule has 2 aromatic rings. The molecule has 182 valence electrons. The zero-order valence-electron chi connectivity index (χ0n) is 17.4. The first kappa shape index (κ1) is 23.6. The molecule has 0 bridgehead atoms. The maximum absolute atomic E-state index is 13.4. The number of benzene rings is 2. The fraction of sp³-hybridized carbons (Fsp3) is 0.381. The highest BCUT2D eigenvalue weighted by Gasteiger charge is 2.65. The highest BCUT2D eigenvalue weighted by Crippen LogP contribution is 3.02. The van der Waals surface area contributed by atoms with Crippen molar-refractivity contribution in [3.05, 3.63) is 53.6 Å². The molecule has 0 saturated carbocycles. The van der Waals surface area contributed by atoms with E-state index in [1.54, 1.807) is 29.2 Å². The lowest BCUT2D eigenvalue weighted by Crippen LogP contribution is -2.38. The van der Waals surface area contributed by atoms with E-state index >= 15 is 0 Å². The number of carbonyl (C=O) groups excluding carboxylic acids is 1. The van der Waals surface area contributed by atoms with Crippen LogP contribution in [0.4, 0.5) is 35.6 Å². The van der Waals surface area contributed by atoms with E-state index in [9.17, 15) is 34.4 Å². The molecule has 2 unspecified atom stereocenters. The lowest BCUT2D eigenvalue weighted by Gasteiger charge is -2.41. The second kappa shape index (κ2) is 7.47.